The normalized spacial score (nSPS) is 11.1. The third kappa shape index (κ3) is 11.7. The lowest BCUT2D eigenvalue weighted by molar-refractivity contribution is -0.229. The van der Waals surface area contributed by atoms with Crippen molar-refractivity contribution in [2.24, 2.45) is 0 Å². The molecular formula is C23H40O4. The Morgan fingerprint density at radius 2 is 1.00 bits per heavy atom. The molecule has 0 aromatic rings. The lowest BCUT2D eigenvalue weighted by Crippen LogP contribution is -2.40. The Hall–Kier alpha value is -1.58. The highest BCUT2D eigenvalue weighted by Crippen LogP contribution is 2.30. The standard InChI is InChI=1S/C23H40O4/c1-7-9-11-13-15-17-23(26-21(24)19(3)4,27-22(25)20(5)6)18-16-14-12-10-8-2/h3,5,7-18H2,1-2,4,6H3. The van der Waals surface area contributed by atoms with Crippen LogP contribution in [0.3, 0.4) is 0 Å². The molecule has 0 aliphatic rings. The zero-order valence-electron chi connectivity index (χ0n) is 18.0. The highest BCUT2D eigenvalue weighted by molar-refractivity contribution is 5.89. The molecule has 0 fully saturated rings. The summed E-state index contributed by atoms with van der Waals surface area (Å²) in [6.45, 7) is 14.9. The number of unbranched alkanes of at least 4 members (excludes halogenated alkanes) is 8. The van der Waals surface area contributed by atoms with Crippen molar-refractivity contribution in [3.63, 3.8) is 0 Å². The molecule has 0 amide bonds. The first-order chi connectivity index (χ1) is 12.8. The molecule has 156 valence electrons. The van der Waals surface area contributed by atoms with Gasteiger partial charge in [0.1, 0.15) is 0 Å². The van der Waals surface area contributed by atoms with Gasteiger partial charge >= 0.3 is 11.9 Å². The van der Waals surface area contributed by atoms with Crippen LogP contribution in [-0.2, 0) is 19.1 Å². The molecule has 0 aromatic carbocycles. The highest BCUT2D eigenvalue weighted by atomic mass is 16.7. The van der Waals surface area contributed by atoms with Crippen LogP contribution in [0, 0.1) is 0 Å². The Balaban J connectivity index is 5.19. The smallest absolute Gasteiger partial charge is 0.336 e. The van der Waals surface area contributed by atoms with Gasteiger partial charge in [0.2, 0.25) is 0 Å². The minimum atomic E-state index is -1.22. The van der Waals surface area contributed by atoms with E-state index in [9.17, 15) is 9.59 Å². The molecule has 0 aliphatic carbocycles. The first-order valence-corrected chi connectivity index (χ1v) is 10.6. The van der Waals surface area contributed by atoms with Gasteiger partial charge in [0.25, 0.3) is 5.79 Å². The van der Waals surface area contributed by atoms with Crippen molar-refractivity contribution in [1.82, 2.24) is 0 Å². The van der Waals surface area contributed by atoms with E-state index >= 15 is 0 Å². The average Bonchev–Trinajstić information content (AvgIpc) is 2.61. The number of ether oxygens (including phenoxy) is 2. The van der Waals surface area contributed by atoms with Gasteiger partial charge in [-0.05, 0) is 26.7 Å². The summed E-state index contributed by atoms with van der Waals surface area (Å²) in [4.78, 5) is 24.5. The van der Waals surface area contributed by atoms with Gasteiger partial charge in [-0.1, -0.05) is 78.4 Å². The van der Waals surface area contributed by atoms with Crippen LogP contribution in [-0.4, -0.2) is 17.7 Å². The van der Waals surface area contributed by atoms with Gasteiger partial charge in [-0.15, -0.1) is 0 Å². The molecule has 0 atom stereocenters. The van der Waals surface area contributed by atoms with Crippen LogP contribution in [0.4, 0.5) is 0 Å². The van der Waals surface area contributed by atoms with Crippen LogP contribution < -0.4 is 0 Å². The monoisotopic (exact) mass is 380 g/mol. The Morgan fingerprint density at radius 1 is 0.667 bits per heavy atom. The second-order valence-corrected chi connectivity index (χ2v) is 7.58. The molecule has 0 rings (SSSR count). The number of rotatable bonds is 16. The minimum absolute atomic E-state index is 0.308. The van der Waals surface area contributed by atoms with Crippen molar-refractivity contribution in [3.05, 3.63) is 24.3 Å². The van der Waals surface area contributed by atoms with Gasteiger partial charge in [0.15, 0.2) is 0 Å². The van der Waals surface area contributed by atoms with E-state index in [0.29, 0.717) is 24.0 Å². The van der Waals surface area contributed by atoms with Gasteiger partial charge in [-0.2, -0.15) is 0 Å². The Labute approximate surface area is 166 Å². The number of carbonyl (C=O) groups excluding carboxylic acids is 2. The molecule has 0 N–H and O–H groups in total. The van der Waals surface area contributed by atoms with Gasteiger partial charge in [-0.3, -0.25) is 0 Å². The maximum atomic E-state index is 12.2. The summed E-state index contributed by atoms with van der Waals surface area (Å²) >= 11 is 0. The number of hydrogen-bond donors (Lipinski definition) is 0. The maximum Gasteiger partial charge on any atom is 0.336 e. The predicted octanol–water partition coefficient (Wildman–Crippen LogP) is 6.64. The molecule has 0 bridgehead atoms. The third-order valence-electron chi connectivity index (χ3n) is 4.58. The minimum Gasteiger partial charge on any atom is -0.419 e. The number of esters is 2. The first-order valence-electron chi connectivity index (χ1n) is 10.6. The predicted molar refractivity (Wildman–Crippen MR) is 111 cm³/mol. The molecule has 4 nitrogen and oxygen atoms in total. The lowest BCUT2D eigenvalue weighted by atomic mass is 9.98. The molecule has 0 saturated heterocycles. The van der Waals surface area contributed by atoms with E-state index in [2.05, 4.69) is 27.0 Å². The van der Waals surface area contributed by atoms with E-state index in [0.717, 1.165) is 51.4 Å². The van der Waals surface area contributed by atoms with Crippen molar-refractivity contribution in [3.8, 4) is 0 Å². The van der Waals surface area contributed by atoms with Gasteiger partial charge in [0.05, 0.1) is 0 Å². The van der Waals surface area contributed by atoms with E-state index in [1.807, 2.05) is 0 Å². The Bertz CT molecular complexity index is 435. The molecule has 0 aromatic heterocycles. The molecule has 4 heteroatoms. The quantitative estimate of drug-likeness (QED) is 0.130. The van der Waals surface area contributed by atoms with Crippen molar-refractivity contribution < 1.29 is 19.1 Å². The van der Waals surface area contributed by atoms with Crippen LogP contribution in [0.15, 0.2) is 24.3 Å². The maximum absolute atomic E-state index is 12.2. The molecule has 0 radical (unpaired) electrons. The van der Waals surface area contributed by atoms with Crippen molar-refractivity contribution in [1.29, 1.82) is 0 Å². The largest absolute Gasteiger partial charge is 0.419 e. The molecule has 0 aliphatic heterocycles. The second-order valence-electron chi connectivity index (χ2n) is 7.58. The average molecular weight is 381 g/mol. The van der Waals surface area contributed by atoms with E-state index in [1.54, 1.807) is 13.8 Å². The number of hydrogen-bond acceptors (Lipinski definition) is 4. The molecule has 0 unspecified atom stereocenters. The lowest BCUT2D eigenvalue weighted by Gasteiger charge is -2.33. The van der Waals surface area contributed by atoms with Crippen LogP contribution in [0.5, 0.6) is 0 Å². The van der Waals surface area contributed by atoms with E-state index < -0.39 is 17.7 Å². The summed E-state index contributed by atoms with van der Waals surface area (Å²) in [5.74, 6) is -2.23. The summed E-state index contributed by atoms with van der Waals surface area (Å²) in [5.41, 5.74) is 0.616. The van der Waals surface area contributed by atoms with Crippen LogP contribution >= 0.6 is 0 Å². The van der Waals surface area contributed by atoms with Crippen molar-refractivity contribution >= 4 is 11.9 Å². The topological polar surface area (TPSA) is 52.6 Å². The summed E-state index contributed by atoms with van der Waals surface area (Å²) in [6.07, 6.45) is 11.7. The summed E-state index contributed by atoms with van der Waals surface area (Å²) in [5, 5.41) is 0. The van der Waals surface area contributed by atoms with Crippen LogP contribution in [0.1, 0.15) is 105 Å². The molecule has 27 heavy (non-hydrogen) atoms. The number of carbonyl (C=O) groups is 2. The SMILES string of the molecule is C=C(C)C(=O)OC(CCCCCCC)(CCCCCCC)OC(=O)C(=C)C. The van der Waals surface area contributed by atoms with Gasteiger partial charge in [-0.25, -0.2) is 9.59 Å². The molecule has 0 heterocycles. The summed E-state index contributed by atoms with van der Waals surface area (Å²) in [7, 11) is 0. The third-order valence-corrected chi connectivity index (χ3v) is 4.58. The van der Waals surface area contributed by atoms with Crippen LogP contribution in [0.25, 0.3) is 0 Å². The highest BCUT2D eigenvalue weighted by Gasteiger charge is 2.38. The molecule has 0 spiro atoms. The van der Waals surface area contributed by atoms with E-state index in [1.165, 1.54) is 12.8 Å². The fraction of sp³-hybridized carbons (Fsp3) is 0.739. The molecule has 0 saturated carbocycles. The van der Waals surface area contributed by atoms with E-state index in [4.69, 9.17) is 9.47 Å². The Kier molecular flexibility index (Phi) is 13.6. The fourth-order valence-corrected chi connectivity index (χ4v) is 2.86. The van der Waals surface area contributed by atoms with Crippen LogP contribution in [0.2, 0.25) is 0 Å². The Morgan fingerprint density at radius 3 is 1.30 bits per heavy atom. The second kappa shape index (κ2) is 14.5. The van der Waals surface area contributed by atoms with Crippen molar-refractivity contribution in [2.75, 3.05) is 0 Å². The van der Waals surface area contributed by atoms with Gasteiger partial charge in [0, 0.05) is 24.0 Å². The molecular weight excluding hydrogens is 340 g/mol. The van der Waals surface area contributed by atoms with E-state index in [-0.39, 0.29) is 0 Å². The van der Waals surface area contributed by atoms with Gasteiger partial charge < -0.3 is 9.47 Å². The fourth-order valence-electron chi connectivity index (χ4n) is 2.86. The zero-order valence-corrected chi connectivity index (χ0v) is 18.0. The zero-order chi connectivity index (χ0) is 20.7. The van der Waals surface area contributed by atoms with Crippen molar-refractivity contribution in [2.45, 2.75) is 111 Å². The summed E-state index contributed by atoms with van der Waals surface area (Å²) in [6, 6.07) is 0. The first kappa shape index (κ1) is 25.4. The summed E-state index contributed by atoms with van der Waals surface area (Å²) < 4.78 is 11.4.